The SMILES string of the molecule is O=C(NCc1ccc(Cl)cc1Cl)[C@H](c1ccccc1)N(Cc1ccc(Cl)cc1)C(=O)COc1ccc(S(=O)(=O)N2CCOCC2)cc1. The van der Waals surface area contributed by atoms with Gasteiger partial charge in [-0.25, -0.2) is 8.42 Å². The van der Waals surface area contributed by atoms with Crippen molar-refractivity contribution in [1.82, 2.24) is 14.5 Å². The zero-order valence-corrected chi connectivity index (χ0v) is 28.2. The van der Waals surface area contributed by atoms with Crippen molar-refractivity contribution >= 4 is 56.6 Å². The molecule has 0 aromatic heterocycles. The fourth-order valence-corrected chi connectivity index (χ4v) is 7.04. The third-order valence-corrected chi connectivity index (χ3v) is 10.3. The largest absolute Gasteiger partial charge is 0.484 e. The molecule has 0 radical (unpaired) electrons. The van der Waals surface area contributed by atoms with Gasteiger partial charge in [-0.05, 0) is 65.2 Å². The van der Waals surface area contributed by atoms with Gasteiger partial charge in [-0.15, -0.1) is 0 Å². The number of benzene rings is 4. The number of morpholine rings is 1. The number of carbonyl (C=O) groups is 2. The average Bonchev–Trinajstić information content (AvgIpc) is 3.08. The molecule has 1 aliphatic heterocycles. The molecule has 1 saturated heterocycles. The molecule has 0 spiro atoms. The van der Waals surface area contributed by atoms with Crippen LogP contribution in [0.3, 0.4) is 0 Å². The number of amides is 2. The number of rotatable bonds is 12. The second kappa shape index (κ2) is 16.0. The molecule has 4 aromatic carbocycles. The van der Waals surface area contributed by atoms with E-state index in [0.29, 0.717) is 45.2 Å². The molecule has 2 amide bonds. The van der Waals surface area contributed by atoms with Crippen molar-refractivity contribution < 1.29 is 27.5 Å². The monoisotopic (exact) mass is 715 g/mol. The zero-order valence-electron chi connectivity index (χ0n) is 25.2. The van der Waals surface area contributed by atoms with Crippen molar-refractivity contribution in [3.8, 4) is 5.75 Å². The summed E-state index contributed by atoms with van der Waals surface area (Å²) in [6.45, 7) is 1.01. The lowest BCUT2D eigenvalue weighted by Crippen LogP contribution is -2.45. The van der Waals surface area contributed by atoms with Crippen LogP contribution in [0.1, 0.15) is 22.7 Å². The lowest BCUT2D eigenvalue weighted by molar-refractivity contribution is -0.143. The first kappa shape index (κ1) is 34.7. The lowest BCUT2D eigenvalue weighted by atomic mass is 10.0. The molecular weight excluding hydrogens is 685 g/mol. The highest BCUT2D eigenvalue weighted by atomic mass is 35.5. The zero-order chi connectivity index (χ0) is 33.4. The topological polar surface area (TPSA) is 105 Å². The Morgan fingerprint density at radius 2 is 1.53 bits per heavy atom. The molecule has 1 aliphatic rings. The Balaban J connectivity index is 1.37. The van der Waals surface area contributed by atoms with Crippen molar-refractivity contribution in [1.29, 1.82) is 0 Å². The second-order valence-corrected chi connectivity index (χ2v) is 13.9. The smallest absolute Gasteiger partial charge is 0.261 e. The first-order valence-corrected chi connectivity index (χ1v) is 17.3. The van der Waals surface area contributed by atoms with Gasteiger partial charge in [-0.3, -0.25) is 9.59 Å². The quantitative estimate of drug-likeness (QED) is 0.189. The van der Waals surface area contributed by atoms with Crippen molar-refractivity contribution in [3.63, 3.8) is 0 Å². The van der Waals surface area contributed by atoms with E-state index in [1.807, 2.05) is 6.07 Å². The molecule has 1 heterocycles. The van der Waals surface area contributed by atoms with Crippen molar-refractivity contribution in [2.24, 2.45) is 0 Å². The van der Waals surface area contributed by atoms with Crippen LogP contribution in [0.25, 0.3) is 0 Å². The van der Waals surface area contributed by atoms with Gasteiger partial charge in [0.2, 0.25) is 15.9 Å². The highest BCUT2D eigenvalue weighted by Gasteiger charge is 2.32. The Hall–Kier alpha value is -3.64. The van der Waals surface area contributed by atoms with Crippen molar-refractivity contribution in [3.05, 3.63) is 129 Å². The lowest BCUT2D eigenvalue weighted by Gasteiger charge is -2.31. The summed E-state index contributed by atoms with van der Waals surface area (Å²) in [5.41, 5.74) is 2.00. The number of carbonyl (C=O) groups excluding carboxylic acids is 2. The summed E-state index contributed by atoms with van der Waals surface area (Å²) in [7, 11) is -3.69. The molecule has 1 atom stereocenters. The van der Waals surface area contributed by atoms with E-state index in [0.717, 1.165) is 5.56 Å². The molecule has 0 aliphatic carbocycles. The summed E-state index contributed by atoms with van der Waals surface area (Å²) < 4.78 is 38.5. The minimum atomic E-state index is -3.69. The van der Waals surface area contributed by atoms with E-state index in [1.165, 1.54) is 33.5 Å². The van der Waals surface area contributed by atoms with Gasteiger partial charge in [-0.1, -0.05) is 83.3 Å². The van der Waals surface area contributed by atoms with Crippen LogP contribution in [0, 0.1) is 0 Å². The predicted octanol–water partition coefficient (Wildman–Crippen LogP) is 6.13. The number of hydrogen-bond donors (Lipinski definition) is 1. The summed E-state index contributed by atoms with van der Waals surface area (Å²) in [5, 5.41) is 4.33. The number of sulfonamides is 1. The minimum absolute atomic E-state index is 0.0742. The Morgan fingerprint density at radius 3 is 2.19 bits per heavy atom. The van der Waals surface area contributed by atoms with E-state index >= 15 is 0 Å². The molecule has 4 aromatic rings. The summed E-state index contributed by atoms with van der Waals surface area (Å²) in [6, 6.07) is 25.8. The van der Waals surface area contributed by atoms with Gasteiger partial charge >= 0.3 is 0 Å². The molecule has 1 N–H and O–H groups in total. The van der Waals surface area contributed by atoms with E-state index in [-0.39, 0.29) is 31.1 Å². The van der Waals surface area contributed by atoms with E-state index < -0.39 is 34.5 Å². The van der Waals surface area contributed by atoms with Gasteiger partial charge in [0.15, 0.2) is 6.61 Å². The normalized spacial score (nSPS) is 14.3. The number of hydrogen-bond acceptors (Lipinski definition) is 6. The van der Waals surface area contributed by atoms with Crippen LogP contribution in [0.4, 0.5) is 0 Å². The van der Waals surface area contributed by atoms with Gasteiger partial charge < -0.3 is 19.7 Å². The molecule has 47 heavy (non-hydrogen) atoms. The maximum absolute atomic E-state index is 14.0. The molecule has 1 fully saturated rings. The third kappa shape index (κ3) is 9.04. The first-order chi connectivity index (χ1) is 22.6. The van der Waals surface area contributed by atoms with Crippen molar-refractivity contribution in [2.75, 3.05) is 32.9 Å². The molecule has 13 heteroatoms. The van der Waals surface area contributed by atoms with E-state index in [4.69, 9.17) is 44.3 Å². The van der Waals surface area contributed by atoms with Gasteiger partial charge in [0.1, 0.15) is 11.8 Å². The Labute approximate surface area is 289 Å². The van der Waals surface area contributed by atoms with Gasteiger partial charge in [0.25, 0.3) is 5.91 Å². The number of ether oxygens (including phenoxy) is 2. The van der Waals surface area contributed by atoms with Crippen LogP contribution in [-0.4, -0.2) is 62.3 Å². The highest BCUT2D eigenvalue weighted by molar-refractivity contribution is 7.89. The Kier molecular flexibility index (Phi) is 11.8. The van der Waals surface area contributed by atoms with Crippen LogP contribution in [-0.2, 0) is 37.4 Å². The summed E-state index contributed by atoms with van der Waals surface area (Å²) >= 11 is 18.5. The van der Waals surface area contributed by atoms with E-state index in [1.54, 1.807) is 66.7 Å². The van der Waals surface area contributed by atoms with Crippen LogP contribution in [0.15, 0.2) is 102 Å². The average molecular weight is 717 g/mol. The third-order valence-electron chi connectivity index (χ3n) is 7.52. The van der Waals surface area contributed by atoms with Crippen LogP contribution >= 0.6 is 34.8 Å². The fourth-order valence-electron chi connectivity index (χ4n) is 5.03. The molecule has 0 bridgehead atoms. The first-order valence-electron chi connectivity index (χ1n) is 14.7. The maximum atomic E-state index is 14.0. The Morgan fingerprint density at radius 1 is 0.872 bits per heavy atom. The minimum Gasteiger partial charge on any atom is -0.484 e. The molecule has 0 unspecified atom stereocenters. The summed E-state index contributed by atoms with van der Waals surface area (Å²) in [4.78, 5) is 29.4. The number of halogens is 3. The molecular formula is C34H32Cl3N3O6S. The molecule has 246 valence electrons. The predicted molar refractivity (Wildman–Crippen MR) is 181 cm³/mol. The molecule has 9 nitrogen and oxygen atoms in total. The number of nitrogens with one attached hydrogen (secondary N) is 1. The second-order valence-electron chi connectivity index (χ2n) is 10.7. The molecule has 0 saturated carbocycles. The maximum Gasteiger partial charge on any atom is 0.261 e. The van der Waals surface area contributed by atoms with E-state index in [9.17, 15) is 18.0 Å². The molecule has 5 rings (SSSR count). The van der Waals surface area contributed by atoms with E-state index in [2.05, 4.69) is 5.32 Å². The fraction of sp³-hybridized carbons (Fsp3) is 0.235. The number of nitrogens with zero attached hydrogens (tertiary/aromatic N) is 2. The summed E-state index contributed by atoms with van der Waals surface area (Å²) in [6.07, 6.45) is 0. The van der Waals surface area contributed by atoms with Crippen LogP contribution < -0.4 is 10.1 Å². The van der Waals surface area contributed by atoms with Crippen molar-refractivity contribution in [2.45, 2.75) is 24.0 Å². The Bertz CT molecular complexity index is 1790. The standard InChI is InChI=1S/C34H32Cl3N3O6S/c35-27-9-6-24(7-10-27)22-40(32(41)23-46-29-12-14-30(15-13-29)47(43,44)39-16-18-45-19-17-39)33(25-4-2-1-3-5-25)34(42)38-21-26-8-11-28(36)20-31(26)37/h1-15,20,33H,16-19,21-23H2,(H,38,42)/t33-/m0/s1. The highest BCUT2D eigenvalue weighted by Crippen LogP contribution is 2.27. The van der Waals surface area contributed by atoms with Gasteiger partial charge in [0, 0.05) is 41.2 Å². The van der Waals surface area contributed by atoms with Gasteiger partial charge in [0.05, 0.1) is 18.1 Å². The summed E-state index contributed by atoms with van der Waals surface area (Å²) in [5.74, 6) is -0.607. The van der Waals surface area contributed by atoms with Crippen LogP contribution in [0.2, 0.25) is 15.1 Å². The van der Waals surface area contributed by atoms with Crippen LogP contribution in [0.5, 0.6) is 5.75 Å². The van der Waals surface area contributed by atoms with Gasteiger partial charge in [-0.2, -0.15) is 4.31 Å².